The second-order valence-electron chi connectivity index (χ2n) is 2.54. The van der Waals surface area contributed by atoms with E-state index in [0.29, 0.717) is 0 Å². The summed E-state index contributed by atoms with van der Waals surface area (Å²) in [5, 5.41) is 0. The minimum Gasteiger partial charge on any atom is -0.254 e. The van der Waals surface area contributed by atoms with Crippen LogP contribution in [0.25, 0.3) is 0 Å². The second-order valence-corrected chi connectivity index (χ2v) is 4.42. The fourth-order valence-electron chi connectivity index (χ4n) is 0.923. The first-order valence-corrected chi connectivity index (χ1v) is 5.61. The van der Waals surface area contributed by atoms with Crippen LogP contribution in [0.1, 0.15) is 0 Å². The highest BCUT2D eigenvalue weighted by molar-refractivity contribution is 7.85. The lowest BCUT2D eigenvalue weighted by Crippen LogP contribution is -2.08. The van der Waals surface area contributed by atoms with Gasteiger partial charge in [0.1, 0.15) is 4.90 Å². The largest absolute Gasteiger partial charge is 0.254 e. The first-order chi connectivity index (χ1) is 6.99. The lowest BCUT2D eigenvalue weighted by molar-refractivity contribution is 0.423. The molecule has 84 valence electrons. The number of hydrogen-bond acceptors (Lipinski definition) is 1. The molecule has 0 heterocycles. The molecule has 0 aliphatic carbocycles. The standard InChI is InChI=1S/C8H5ClF4OS/c9-1-2-15(14)8-6(12)4(10)3-5(11)7(8)13/h3H,1-2H2. The third-order valence-corrected chi connectivity index (χ3v) is 3.36. The zero-order valence-corrected chi connectivity index (χ0v) is 8.77. The molecule has 0 fully saturated rings. The molecule has 1 nitrogen and oxygen atoms in total. The van der Waals surface area contributed by atoms with Crippen molar-refractivity contribution in [3.8, 4) is 0 Å². The van der Waals surface area contributed by atoms with Crippen molar-refractivity contribution in [2.75, 3.05) is 11.6 Å². The quantitative estimate of drug-likeness (QED) is 0.464. The van der Waals surface area contributed by atoms with E-state index in [9.17, 15) is 21.8 Å². The molecule has 0 saturated carbocycles. The van der Waals surface area contributed by atoms with Crippen molar-refractivity contribution in [1.82, 2.24) is 0 Å². The number of benzene rings is 1. The van der Waals surface area contributed by atoms with Crippen molar-refractivity contribution in [2.24, 2.45) is 0 Å². The Morgan fingerprint density at radius 2 is 1.60 bits per heavy atom. The average molecular weight is 261 g/mol. The number of hydrogen-bond donors (Lipinski definition) is 0. The van der Waals surface area contributed by atoms with E-state index in [0.717, 1.165) is 0 Å². The summed E-state index contributed by atoms with van der Waals surface area (Å²) in [4.78, 5) is -1.10. The topological polar surface area (TPSA) is 17.1 Å². The minimum absolute atomic E-state index is 0.0616. The maximum absolute atomic E-state index is 13.0. The summed E-state index contributed by atoms with van der Waals surface area (Å²) >= 11 is 5.21. The number of alkyl halides is 1. The summed E-state index contributed by atoms with van der Waals surface area (Å²) in [6.07, 6.45) is 0. The van der Waals surface area contributed by atoms with Gasteiger partial charge in [0.05, 0.1) is 10.8 Å². The van der Waals surface area contributed by atoms with E-state index < -0.39 is 39.0 Å². The van der Waals surface area contributed by atoms with Gasteiger partial charge in [-0.1, -0.05) is 0 Å². The van der Waals surface area contributed by atoms with Gasteiger partial charge in [-0.3, -0.25) is 4.21 Å². The molecule has 0 aromatic heterocycles. The zero-order valence-electron chi connectivity index (χ0n) is 7.20. The third kappa shape index (κ3) is 2.49. The third-order valence-electron chi connectivity index (χ3n) is 1.56. The zero-order chi connectivity index (χ0) is 11.6. The molecular formula is C8H5ClF4OS. The first-order valence-electron chi connectivity index (χ1n) is 3.76. The van der Waals surface area contributed by atoms with Gasteiger partial charge in [-0.15, -0.1) is 11.6 Å². The van der Waals surface area contributed by atoms with Gasteiger partial charge in [-0.05, 0) is 0 Å². The maximum Gasteiger partial charge on any atom is 0.178 e. The van der Waals surface area contributed by atoms with E-state index in [4.69, 9.17) is 11.6 Å². The maximum atomic E-state index is 13.0. The molecule has 0 spiro atoms. The highest BCUT2D eigenvalue weighted by Gasteiger charge is 2.23. The molecule has 0 amide bonds. The van der Waals surface area contributed by atoms with Crippen molar-refractivity contribution < 1.29 is 21.8 Å². The van der Waals surface area contributed by atoms with Crippen molar-refractivity contribution >= 4 is 22.4 Å². The first kappa shape index (κ1) is 12.4. The van der Waals surface area contributed by atoms with Gasteiger partial charge in [-0.25, -0.2) is 17.6 Å². The van der Waals surface area contributed by atoms with Gasteiger partial charge < -0.3 is 0 Å². The molecule has 1 rings (SSSR count). The van der Waals surface area contributed by atoms with Gasteiger partial charge in [0.25, 0.3) is 0 Å². The smallest absolute Gasteiger partial charge is 0.178 e. The van der Waals surface area contributed by atoms with Gasteiger partial charge in [0, 0.05) is 17.7 Å². The number of halogens is 5. The summed E-state index contributed by atoms with van der Waals surface area (Å²) in [7, 11) is -2.19. The molecule has 1 aromatic rings. The van der Waals surface area contributed by atoms with Crippen molar-refractivity contribution in [1.29, 1.82) is 0 Å². The SMILES string of the molecule is O=S(CCCl)c1c(F)c(F)cc(F)c1F. The fraction of sp³-hybridized carbons (Fsp3) is 0.250. The molecule has 7 heteroatoms. The molecule has 0 radical (unpaired) electrons. The minimum atomic E-state index is -2.19. The highest BCUT2D eigenvalue weighted by Crippen LogP contribution is 2.22. The second kappa shape index (κ2) is 4.94. The summed E-state index contributed by atoms with van der Waals surface area (Å²) in [6.45, 7) is 0. The van der Waals surface area contributed by atoms with Gasteiger partial charge in [0.2, 0.25) is 0 Å². The van der Waals surface area contributed by atoms with Crippen molar-refractivity contribution in [2.45, 2.75) is 4.90 Å². The molecular weight excluding hydrogens is 256 g/mol. The monoisotopic (exact) mass is 260 g/mol. The predicted octanol–water partition coefficient (Wildman–Crippen LogP) is 2.59. The van der Waals surface area contributed by atoms with Crippen LogP contribution in [0.2, 0.25) is 0 Å². The Labute approximate surface area is 90.5 Å². The van der Waals surface area contributed by atoms with E-state index in [2.05, 4.69) is 0 Å². The molecule has 0 aliphatic heterocycles. The summed E-state index contributed by atoms with van der Waals surface area (Å²) in [5.41, 5.74) is 0. The normalized spacial score (nSPS) is 12.9. The van der Waals surface area contributed by atoms with Crippen LogP contribution in [-0.2, 0) is 10.8 Å². The van der Waals surface area contributed by atoms with Crippen LogP contribution in [-0.4, -0.2) is 15.8 Å². The van der Waals surface area contributed by atoms with Crippen LogP contribution in [0.5, 0.6) is 0 Å². The van der Waals surface area contributed by atoms with Crippen LogP contribution in [0.3, 0.4) is 0 Å². The average Bonchev–Trinajstić information content (AvgIpc) is 2.16. The molecule has 0 bridgehead atoms. The lowest BCUT2D eigenvalue weighted by Gasteiger charge is -2.05. The molecule has 1 aromatic carbocycles. The Kier molecular flexibility index (Phi) is 4.10. The Hall–Kier alpha value is -0.620. The van der Waals surface area contributed by atoms with Crippen LogP contribution in [0.15, 0.2) is 11.0 Å². The van der Waals surface area contributed by atoms with Crippen LogP contribution in [0, 0.1) is 23.3 Å². The fourth-order valence-corrected chi connectivity index (χ4v) is 2.28. The lowest BCUT2D eigenvalue weighted by atomic mass is 10.3. The van der Waals surface area contributed by atoms with Crippen molar-refractivity contribution in [3.05, 3.63) is 29.3 Å². The van der Waals surface area contributed by atoms with Gasteiger partial charge in [0.15, 0.2) is 23.3 Å². The molecule has 15 heavy (non-hydrogen) atoms. The van der Waals surface area contributed by atoms with Gasteiger partial charge in [-0.2, -0.15) is 0 Å². The van der Waals surface area contributed by atoms with E-state index in [1.807, 2.05) is 0 Å². The van der Waals surface area contributed by atoms with E-state index in [1.54, 1.807) is 0 Å². The van der Waals surface area contributed by atoms with Crippen LogP contribution in [0.4, 0.5) is 17.6 Å². The van der Waals surface area contributed by atoms with E-state index in [-0.39, 0.29) is 17.7 Å². The van der Waals surface area contributed by atoms with Crippen molar-refractivity contribution in [3.63, 3.8) is 0 Å². The summed E-state index contributed by atoms with van der Waals surface area (Å²) < 4.78 is 62.5. The number of rotatable bonds is 3. The van der Waals surface area contributed by atoms with E-state index in [1.165, 1.54) is 0 Å². The highest BCUT2D eigenvalue weighted by atomic mass is 35.5. The predicted molar refractivity (Wildman–Crippen MR) is 48.3 cm³/mol. The van der Waals surface area contributed by atoms with Crippen LogP contribution >= 0.6 is 11.6 Å². The van der Waals surface area contributed by atoms with Gasteiger partial charge >= 0.3 is 0 Å². The summed E-state index contributed by atoms with van der Waals surface area (Å²) in [5.74, 6) is -6.85. The molecule has 0 aliphatic rings. The molecule has 0 saturated heterocycles. The Morgan fingerprint density at radius 3 is 2.00 bits per heavy atom. The Bertz CT molecular complexity index is 384. The van der Waals surface area contributed by atoms with E-state index >= 15 is 0 Å². The Morgan fingerprint density at radius 1 is 1.13 bits per heavy atom. The molecule has 0 N–H and O–H groups in total. The summed E-state index contributed by atoms with van der Waals surface area (Å²) in [6, 6.07) is 0.0616. The molecule has 1 unspecified atom stereocenters. The van der Waals surface area contributed by atoms with Crippen LogP contribution < -0.4 is 0 Å². The molecule has 1 atom stereocenters. The Balaban J connectivity index is 3.32.